The van der Waals surface area contributed by atoms with Crippen molar-refractivity contribution in [1.82, 2.24) is 0 Å². The van der Waals surface area contributed by atoms with E-state index in [2.05, 4.69) is 20.7 Å². The Morgan fingerprint density at radius 2 is 1.50 bits per heavy atom. The fourth-order valence-electron chi connectivity index (χ4n) is 1.66. The van der Waals surface area contributed by atoms with E-state index < -0.39 is 10.0 Å². The first-order chi connectivity index (χ1) is 9.38. The van der Waals surface area contributed by atoms with Gasteiger partial charge in [-0.3, -0.25) is 4.72 Å². The van der Waals surface area contributed by atoms with Gasteiger partial charge in [-0.25, -0.2) is 8.42 Å². The van der Waals surface area contributed by atoms with E-state index in [-0.39, 0.29) is 4.90 Å². The van der Waals surface area contributed by atoms with Crippen LogP contribution in [0.4, 0.5) is 11.4 Å². The van der Waals surface area contributed by atoms with Gasteiger partial charge in [0.25, 0.3) is 10.0 Å². The zero-order valence-corrected chi connectivity index (χ0v) is 13.6. The maximum absolute atomic E-state index is 12.2. The summed E-state index contributed by atoms with van der Waals surface area (Å²) in [6.45, 7) is 0. The summed E-state index contributed by atoms with van der Waals surface area (Å²) < 4.78 is 27.8. The van der Waals surface area contributed by atoms with Gasteiger partial charge in [-0.2, -0.15) is 0 Å². The minimum absolute atomic E-state index is 0.234. The van der Waals surface area contributed by atoms with E-state index in [1.807, 2.05) is 31.1 Å². The van der Waals surface area contributed by atoms with E-state index in [1.54, 1.807) is 36.4 Å². The number of nitrogens with one attached hydrogen (secondary N) is 1. The van der Waals surface area contributed by atoms with Crippen molar-refractivity contribution in [1.29, 1.82) is 0 Å². The van der Waals surface area contributed by atoms with Gasteiger partial charge in [-0.15, -0.1) is 0 Å². The van der Waals surface area contributed by atoms with E-state index in [9.17, 15) is 8.42 Å². The summed E-state index contributed by atoms with van der Waals surface area (Å²) in [6, 6.07) is 13.7. The van der Waals surface area contributed by atoms with Gasteiger partial charge >= 0.3 is 0 Å². The zero-order chi connectivity index (χ0) is 14.8. The van der Waals surface area contributed by atoms with Crippen molar-refractivity contribution in [3.05, 3.63) is 53.0 Å². The van der Waals surface area contributed by atoms with Gasteiger partial charge in [-0.1, -0.05) is 15.9 Å². The third-order valence-corrected chi connectivity index (χ3v) is 4.69. The minimum Gasteiger partial charge on any atom is -0.378 e. The lowest BCUT2D eigenvalue weighted by atomic mass is 10.3. The predicted molar refractivity (Wildman–Crippen MR) is 85.7 cm³/mol. The first-order valence-electron chi connectivity index (χ1n) is 5.94. The second kappa shape index (κ2) is 5.85. The molecular formula is C14H15BrN2O2S. The third-order valence-electron chi connectivity index (χ3n) is 2.76. The summed E-state index contributed by atoms with van der Waals surface area (Å²) in [6.07, 6.45) is 0. The number of halogens is 1. The first-order valence-corrected chi connectivity index (χ1v) is 8.22. The molecule has 0 aromatic heterocycles. The van der Waals surface area contributed by atoms with Crippen molar-refractivity contribution in [2.24, 2.45) is 0 Å². The molecule has 0 saturated heterocycles. The van der Waals surface area contributed by atoms with Gasteiger partial charge in [0.2, 0.25) is 0 Å². The van der Waals surface area contributed by atoms with Gasteiger partial charge in [0.05, 0.1) is 4.90 Å². The quantitative estimate of drug-likeness (QED) is 0.916. The lowest BCUT2D eigenvalue weighted by molar-refractivity contribution is 0.601. The Kier molecular flexibility index (Phi) is 4.35. The summed E-state index contributed by atoms with van der Waals surface area (Å²) in [7, 11) is 0.315. The molecule has 0 bridgehead atoms. The highest BCUT2D eigenvalue weighted by molar-refractivity contribution is 9.10. The summed E-state index contributed by atoms with van der Waals surface area (Å²) in [5.74, 6) is 0. The molecular weight excluding hydrogens is 340 g/mol. The van der Waals surface area contributed by atoms with Crippen molar-refractivity contribution in [2.45, 2.75) is 4.90 Å². The van der Waals surface area contributed by atoms with Crippen molar-refractivity contribution < 1.29 is 8.42 Å². The lowest BCUT2D eigenvalue weighted by Crippen LogP contribution is -2.13. The van der Waals surface area contributed by atoms with Crippen LogP contribution >= 0.6 is 15.9 Å². The molecule has 0 atom stereocenters. The number of anilines is 2. The standard InChI is InChI=1S/C14H15BrN2O2S/c1-17(2)13-7-5-12(6-8-13)16-20(18,19)14-9-3-11(15)4-10-14/h3-10,16H,1-2H3. The molecule has 2 rings (SSSR count). The number of hydrogen-bond donors (Lipinski definition) is 1. The molecule has 6 heteroatoms. The Bertz CT molecular complexity index is 680. The smallest absolute Gasteiger partial charge is 0.261 e. The van der Waals surface area contributed by atoms with Crippen LogP contribution in [0.2, 0.25) is 0 Å². The number of hydrogen-bond acceptors (Lipinski definition) is 3. The highest BCUT2D eigenvalue weighted by atomic mass is 79.9. The average molecular weight is 355 g/mol. The van der Waals surface area contributed by atoms with Gasteiger partial charge in [-0.05, 0) is 48.5 Å². The molecule has 4 nitrogen and oxygen atoms in total. The summed E-state index contributed by atoms with van der Waals surface area (Å²) >= 11 is 3.28. The van der Waals surface area contributed by atoms with Crippen LogP contribution < -0.4 is 9.62 Å². The monoisotopic (exact) mass is 354 g/mol. The Balaban J connectivity index is 2.22. The van der Waals surface area contributed by atoms with E-state index in [0.29, 0.717) is 5.69 Å². The molecule has 0 amide bonds. The molecule has 0 aliphatic rings. The molecule has 106 valence electrons. The molecule has 0 saturated carbocycles. The molecule has 0 radical (unpaired) electrons. The molecule has 0 heterocycles. The molecule has 0 aliphatic heterocycles. The van der Waals surface area contributed by atoms with Gasteiger partial charge < -0.3 is 4.90 Å². The highest BCUT2D eigenvalue weighted by Crippen LogP contribution is 2.20. The zero-order valence-electron chi connectivity index (χ0n) is 11.2. The van der Waals surface area contributed by atoms with Crippen molar-refractivity contribution >= 4 is 37.3 Å². The molecule has 2 aromatic rings. The van der Waals surface area contributed by atoms with Crippen molar-refractivity contribution in [2.75, 3.05) is 23.7 Å². The van der Waals surface area contributed by atoms with Crippen LogP contribution in [0.5, 0.6) is 0 Å². The lowest BCUT2D eigenvalue weighted by Gasteiger charge is -2.13. The average Bonchev–Trinajstić information content (AvgIpc) is 2.39. The Morgan fingerprint density at radius 1 is 0.950 bits per heavy atom. The van der Waals surface area contributed by atoms with Gasteiger partial charge in [0.1, 0.15) is 0 Å². The molecule has 0 fully saturated rings. The molecule has 20 heavy (non-hydrogen) atoms. The topological polar surface area (TPSA) is 49.4 Å². The first kappa shape index (κ1) is 14.9. The van der Waals surface area contributed by atoms with E-state index >= 15 is 0 Å². The van der Waals surface area contributed by atoms with Gasteiger partial charge in [0.15, 0.2) is 0 Å². The van der Waals surface area contributed by atoms with E-state index in [1.165, 1.54) is 0 Å². The normalized spacial score (nSPS) is 11.2. The summed E-state index contributed by atoms with van der Waals surface area (Å²) in [5, 5.41) is 0. The van der Waals surface area contributed by atoms with Crippen LogP contribution in [0.25, 0.3) is 0 Å². The molecule has 1 N–H and O–H groups in total. The van der Waals surface area contributed by atoms with E-state index in [0.717, 1.165) is 10.2 Å². The number of sulfonamides is 1. The summed E-state index contributed by atoms with van der Waals surface area (Å²) in [5.41, 5.74) is 1.55. The summed E-state index contributed by atoms with van der Waals surface area (Å²) in [4.78, 5) is 2.19. The second-order valence-corrected chi connectivity index (χ2v) is 7.10. The second-order valence-electron chi connectivity index (χ2n) is 4.50. The maximum Gasteiger partial charge on any atom is 0.261 e. The number of rotatable bonds is 4. The van der Waals surface area contributed by atoms with Gasteiger partial charge in [0, 0.05) is 29.9 Å². The van der Waals surface area contributed by atoms with Crippen LogP contribution in [-0.2, 0) is 10.0 Å². The fourth-order valence-corrected chi connectivity index (χ4v) is 2.98. The van der Waals surface area contributed by atoms with E-state index in [4.69, 9.17) is 0 Å². The number of nitrogens with zero attached hydrogens (tertiary/aromatic N) is 1. The van der Waals surface area contributed by atoms with Crippen LogP contribution in [0.3, 0.4) is 0 Å². The highest BCUT2D eigenvalue weighted by Gasteiger charge is 2.13. The Labute approximate surface area is 127 Å². The fraction of sp³-hybridized carbons (Fsp3) is 0.143. The Hall–Kier alpha value is -1.53. The van der Waals surface area contributed by atoms with Crippen molar-refractivity contribution in [3.63, 3.8) is 0 Å². The van der Waals surface area contributed by atoms with Crippen LogP contribution in [0, 0.1) is 0 Å². The Morgan fingerprint density at radius 3 is 2.00 bits per heavy atom. The van der Waals surface area contributed by atoms with Crippen LogP contribution in [0.15, 0.2) is 57.9 Å². The molecule has 0 unspecified atom stereocenters. The number of benzene rings is 2. The minimum atomic E-state index is -3.55. The predicted octanol–water partition coefficient (Wildman–Crippen LogP) is 3.32. The van der Waals surface area contributed by atoms with Crippen LogP contribution in [-0.4, -0.2) is 22.5 Å². The van der Waals surface area contributed by atoms with Crippen molar-refractivity contribution in [3.8, 4) is 0 Å². The van der Waals surface area contributed by atoms with Crippen LogP contribution in [0.1, 0.15) is 0 Å². The largest absolute Gasteiger partial charge is 0.378 e. The third kappa shape index (κ3) is 3.52. The molecule has 2 aromatic carbocycles. The SMILES string of the molecule is CN(C)c1ccc(NS(=O)(=O)c2ccc(Br)cc2)cc1. The molecule has 0 spiro atoms. The maximum atomic E-state index is 12.2. The molecule has 0 aliphatic carbocycles.